The lowest BCUT2D eigenvalue weighted by Gasteiger charge is -2.45. The number of thioether (sulfide) groups is 1. The molecule has 3 rings (SSSR count). The molecule has 0 spiro atoms. The summed E-state index contributed by atoms with van der Waals surface area (Å²) in [4.78, 5) is 25.8. The van der Waals surface area contributed by atoms with Gasteiger partial charge in [0.2, 0.25) is 5.91 Å². The molecule has 2 saturated heterocycles. The van der Waals surface area contributed by atoms with E-state index in [1.807, 2.05) is 25.3 Å². The molecule has 7 heteroatoms. The van der Waals surface area contributed by atoms with E-state index in [0.29, 0.717) is 0 Å². The van der Waals surface area contributed by atoms with Crippen molar-refractivity contribution in [1.29, 1.82) is 0 Å². The summed E-state index contributed by atoms with van der Waals surface area (Å²) in [6.07, 6.45) is -0.848. The average Bonchev–Trinajstić information content (AvgIpc) is 2.94. The van der Waals surface area contributed by atoms with Crippen molar-refractivity contribution in [1.82, 2.24) is 4.90 Å². The molecule has 2 aliphatic rings. The van der Waals surface area contributed by atoms with Crippen molar-refractivity contribution in [3.05, 3.63) is 22.4 Å². The molecular formula is C13H15NO4S2. The Morgan fingerprint density at radius 2 is 2.20 bits per heavy atom. The number of carbonyl (C=O) groups is 2. The third-order valence-electron chi connectivity index (χ3n) is 3.89. The predicted molar refractivity (Wildman–Crippen MR) is 76.5 cm³/mol. The minimum atomic E-state index is -0.984. The Morgan fingerprint density at radius 1 is 1.50 bits per heavy atom. The number of amides is 1. The van der Waals surface area contributed by atoms with Gasteiger partial charge in [0.1, 0.15) is 12.1 Å². The first-order valence-corrected chi connectivity index (χ1v) is 8.05. The van der Waals surface area contributed by atoms with E-state index in [1.165, 1.54) is 28.0 Å². The third-order valence-corrected chi connectivity index (χ3v) is 6.43. The van der Waals surface area contributed by atoms with Gasteiger partial charge in [0, 0.05) is 9.62 Å². The van der Waals surface area contributed by atoms with Crippen LogP contribution in [0, 0.1) is 5.92 Å². The zero-order valence-corrected chi connectivity index (χ0v) is 12.6. The number of nitrogens with zero attached hydrogens (tertiary/aromatic N) is 1. The van der Waals surface area contributed by atoms with Crippen LogP contribution in [0.5, 0.6) is 0 Å². The molecular weight excluding hydrogens is 298 g/mol. The summed E-state index contributed by atoms with van der Waals surface area (Å²) in [5, 5.41) is 21.3. The molecule has 1 aromatic heterocycles. The maximum absolute atomic E-state index is 12.3. The second kappa shape index (κ2) is 4.47. The van der Waals surface area contributed by atoms with Crippen LogP contribution in [-0.4, -0.2) is 43.2 Å². The van der Waals surface area contributed by atoms with Crippen molar-refractivity contribution < 1.29 is 19.8 Å². The van der Waals surface area contributed by atoms with Gasteiger partial charge < -0.3 is 15.1 Å². The summed E-state index contributed by atoms with van der Waals surface area (Å²) in [7, 11) is 0. The van der Waals surface area contributed by atoms with Crippen LogP contribution in [0.15, 0.2) is 17.5 Å². The quantitative estimate of drug-likeness (QED) is 0.828. The molecule has 1 unspecified atom stereocenters. The number of rotatable bonds is 3. The van der Waals surface area contributed by atoms with Gasteiger partial charge in [-0.3, -0.25) is 4.79 Å². The van der Waals surface area contributed by atoms with Crippen molar-refractivity contribution in [2.75, 3.05) is 0 Å². The molecule has 2 fully saturated rings. The predicted octanol–water partition coefficient (Wildman–Crippen LogP) is 1.54. The molecule has 0 aromatic carbocycles. The van der Waals surface area contributed by atoms with E-state index in [9.17, 15) is 19.8 Å². The summed E-state index contributed by atoms with van der Waals surface area (Å²) < 4.78 is -0.546. The normalized spacial score (nSPS) is 32.6. The summed E-state index contributed by atoms with van der Waals surface area (Å²) in [5.74, 6) is -1.79. The summed E-state index contributed by atoms with van der Waals surface area (Å²) >= 11 is 2.87. The molecule has 2 N–H and O–H groups in total. The number of fused-ring (bicyclic) bond motifs is 1. The van der Waals surface area contributed by atoms with Gasteiger partial charge in [0.15, 0.2) is 0 Å². The molecule has 0 saturated carbocycles. The Morgan fingerprint density at radius 3 is 2.75 bits per heavy atom. The van der Waals surface area contributed by atoms with Crippen LogP contribution in [0.4, 0.5) is 0 Å². The summed E-state index contributed by atoms with van der Waals surface area (Å²) in [5.41, 5.74) is 0. The minimum absolute atomic E-state index is 0.254. The fraction of sp³-hybridized carbons (Fsp3) is 0.538. The van der Waals surface area contributed by atoms with Gasteiger partial charge in [0.05, 0.1) is 11.3 Å². The monoisotopic (exact) mass is 313 g/mol. The van der Waals surface area contributed by atoms with E-state index < -0.39 is 28.8 Å². The van der Waals surface area contributed by atoms with Crippen LogP contribution >= 0.6 is 23.1 Å². The SMILES string of the molecule is CC1(C)S[C@@H]2[C@H](C(O)c3cccs3)C(=O)N2[C@H]1C(=O)O. The molecule has 3 heterocycles. The van der Waals surface area contributed by atoms with Crippen LogP contribution in [0.2, 0.25) is 0 Å². The zero-order valence-electron chi connectivity index (χ0n) is 11.0. The van der Waals surface area contributed by atoms with Gasteiger partial charge in [-0.05, 0) is 25.3 Å². The molecule has 0 aliphatic carbocycles. The fourth-order valence-electron chi connectivity index (χ4n) is 2.97. The van der Waals surface area contributed by atoms with Crippen molar-refractivity contribution >= 4 is 35.0 Å². The average molecular weight is 313 g/mol. The van der Waals surface area contributed by atoms with Gasteiger partial charge >= 0.3 is 5.97 Å². The highest BCUT2D eigenvalue weighted by Gasteiger charge is 2.65. The molecule has 2 aliphatic heterocycles. The van der Waals surface area contributed by atoms with E-state index in [2.05, 4.69) is 0 Å². The Balaban J connectivity index is 1.87. The first-order valence-electron chi connectivity index (χ1n) is 6.29. The van der Waals surface area contributed by atoms with Crippen molar-refractivity contribution in [2.24, 2.45) is 5.92 Å². The maximum Gasteiger partial charge on any atom is 0.327 e. The van der Waals surface area contributed by atoms with Crippen molar-refractivity contribution in [3.63, 3.8) is 0 Å². The highest BCUT2D eigenvalue weighted by molar-refractivity contribution is 8.01. The minimum Gasteiger partial charge on any atom is -0.480 e. The topological polar surface area (TPSA) is 77.8 Å². The second-order valence-electron chi connectivity index (χ2n) is 5.58. The molecule has 0 bridgehead atoms. The first kappa shape index (κ1) is 13.9. The molecule has 108 valence electrons. The van der Waals surface area contributed by atoms with Crippen LogP contribution in [-0.2, 0) is 9.59 Å². The summed E-state index contributed by atoms with van der Waals surface area (Å²) in [6.45, 7) is 3.66. The highest BCUT2D eigenvalue weighted by Crippen LogP contribution is 2.56. The number of thiophene rings is 1. The van der Waals surface area contributed by atoms with E-state index in [1.54, 1.807) is 6.07 Å². The van der Waals surface area contributed by atoms with E-state index in [0.717, 1.165) is 4.88 Å². The van der Waals surface area contributed by atoms with Crippen LogP contribution in [0.25, 0.3) is 0 Å². The lowest BCUT2D eigenvalue weighted by atomic mass is 9.87. The maximum atomic E-state index is 12.3. The van der Waals surface area contributed by atoms with Gasteiger partial charge in [-0.2, -0.15) is 0 Å². The largest absolute Gasteiger partial charge is 0.480 e. The Kier molecular flexibility index (Phi) is 3.11. The number of carbonyl (C=O) groups excluding carboxylic acids is 1. The van der Waals surface area contributed by atoms with Crippen molar-refractivity contribution in [2.45, 2.75) is 36.1 Å². The number of aliphatic hydroxyl groups is 1. The number of hydrogen-bond donors (Lipinski definition) is 2. The molecule has 1 aromatic rings. The Labute approximate surface area is 124 Å². The Hall–Kier alpha value is -1.05. The third kappa shape index (κ3) is 1.80. The number of carboxylic acids is 1. The van der Waals surface area contributed by atoms with Crippen LogP contribution < -0.4 is 0 Å². The summed E-state index contributed by atoms with van der Waals surface area (Å²) in [6, 6.07) is 2.80. The van der Waals surface area contributed by atoms with Gasteiger partial charge in [0.25, 0.3) is 0 Å². The second-order valence-corrected chi connectivity index (χ2v) is 8.33. The molecule has 5 nitrogen and oxygen atoms in total. The van der Waals surface area contributed by atoms with Gasteiger partial charge in [-0.15, -0.1) is 23.1 Å². The van der Waals surface area contributed by atoms with Crippen molar-refractivity contribution in [3.8, 4) is 0 Å². The highest BCUT2D eigenvalue weighted by atomic mass is 32.2. The number of carboxylic acid groups (broad SMARTS) is 1. The standard InChI is InChI=1S/C13H15NO4S2/c1-13(2)9(12(17)18)14-10(16)7(11(14)20-13)8(15)6-4-3-5-19-6/h3-5,7-9,11,15H,1-2H3,(H,17,18)/t7-,8?,9+,11-/m1/s1. The van der Waals surface area contributed by atoms with E-state index >= 15 is 0 Å². The lowest BCUT2D eigenvalue weighted by Crippen LogP contribution is -2.63. The number of aliphatic hydroxyl groups excluding tert-OH is 1. The van der Waals surface area contributed by atoms with Gasteiger partial charge in [-0.1, -0.05) is 6.07 Å². The molecule has 1 amide bonds. The zero-order chi connectivity index (χ0) is 14.7. The molecule has 0 radical (unpaired) electrons. The van der Waals surface area contributed by atoms with Crippen LogP contribution in [0.1, 0.15) is 24.8 Å². The lowest BCUT2D eigenvalue weighted by molar-refractivity contribution is -0.169. The van der Waals surface area contributed by atoms with E-state index in [4.69, 9.17) is 0 Å². The molecule has 4 atom stereocenters. The van der Waals surface area contributed by atoms with E-state index in [-0.39, 0.29) is 11.3 Å². The number of β-lactam (4-membered cyclic amide) rings is 1. The number of hydrogen-bond acceptors (Lipinski definition) is 5. The fourth-order valence-corrected chi connectivity index (χ4v) is 5.44. The van der Waals surface area contributed by atoms with Crippen LogP contribution in [0.3, 0.4) is 0 Å². The first-order chi connectivity index (χ1) is 9.34. The Bertz CT molecular complexity index is 557. The smallest absolute Gasteiger partial charge is 0.327 e. The molecule has 20 heavy (non-hydrogen) atoms. The number of aliphatic carboxylic acids is 1. The van der Waals surface area contributed by atoms with Gasteiger partial charge in [-0.25, -0.2) is 4.79 Å².